The van der Waals surface area contributed by atoms with Crippen LogP contribution in [-0.2, 0) is 10.0 Å². The van der Waals surface area contributed by atoms with E-state index in [1.165, 1.54) is 35.0 Å². The van der Waals surface area contributed by atoms with E-state index in [4.69, 9.17) is 11.6 Å². The predicted octanol–water partition coefficient (Wildman–Crippen LogP) is 3.75. The molecule has 1 aromatic carbocycles. The van der Waals surface area contributed by atoms with Crippen molar-refractivity contribution in [3.63, 3.8) is 0 Å². The van der Waals surface area contributed by atoms with Gasteiger partial charge in [0.2, 0.25) is 0 Å². The van der Waals surface area contributed by atoms with E-state index in [0.29, 0.717) is 22.5 Å². The number of carbonyl (C=O) groups is 1. The Bertz CT molecular complexity index is 1550. The van der Waals surface area contributed by atoms with Gasteiger partial charge in [-0.05, 0) is 56.3 Å². The number of anilines is 2. The first-order valence-electron chi connectivity index (χ1n) is 10.0. The highest BCUT2D eigenvalue weighted by molar-refractivity contribution is 7.92. The number of nitrogens with zero attached hydrogens (tertiary/aromatic N) is 3. The highest BCUT2D eigenvalue weighted by atomic mass is 35.5. The monoisotopic (exact) mass is 518 g/mol. The highest BCUT2D eigenvalue weighted by Gasteiger charge is 2.20. The minimum Gasteiger partial charge on any atom is -0.385 e. The molecule has 0 fully saturated rings. The summed E-state index contributed by atoms with van der Waals surface area (Å²) >= 11 is 6.59. The Balaban J connectivity index is 1.55. The molecule has 13 heteroatoms. The van der Waals surface area contributed by atoms with Crippen molar-refractivity contribution in [2.75, 3.05) is 17.2 Å². The molecule has 3 aromatic heterocycles. The standard InChI is InChI=1S/C21H19ClN6O4S2/c1-3-23-13-4-6-15-16(10-13)25-12(2)28(20(15)29)18-8-5-14(11-24-18)26-21(30)27-34(31,32)19-9-7-17(22)33-19/h4-11,23H,3H2,1-2H3,(H2,26,27,30). The molecule has 3 heterocycles. The van der Waals surface area contributed by atoms with Crippen LogP contribution in [0, 0.1) is 6.92 Å². The lowest BCUT2D eigenvalue weighted by Crippen LogP contribution is -2.34. The van der Waals surface area contributed by atoms with Crippen molar-refractivity contribution in [1.82, 2.24) is 19.3 Å². The first-order chi connectivity index (χ1) is 16.2. The number of aromatic nitrogens is 3. The number of thiophene rings is 1. The van der Waals surface area contributed by atoms with Crippen LogP contribution in [0.4, 0.5) is 16.2 Å². The first kappa shape index (κ1) is 23.7. The van der Waals surface area contributed by atoms with E-state index in [1.807, 2.05) is 23.8 Å². The molecule has 0 atom stereocenters. The molecule has 0 bridgehead atoms. The SMILES string of the molecule is CCNc1ccc2c(=O)n(-c3ccc(NC(=O)NS(=O)(=O)c4ccc(Cl)s4)cn3)c(C)nc2c1. The predicted molar refractivity (Wildman–Crippen MR) is 133 cm³/mol. The number of benzene rings is 1. The van der Waals surface area contributed by atoms with Crippen LogP contribution < -0.4 is 20.9 Å². The molecule has 4 rings (SSSR count). The van der Waals surface area contributed by atoms with Crippen LogP contribution in [0.3, 0.4) is 0 Å². The number of fused-ring (bicyclic) bond motifs is 1. The van der Waals surface area contributed by atoms with Crippen LogP contribution in [0.2, 0.25) is 4.34 Å². The summed E-state index contributed by atoms with van der Waals surface area (Å²) in [6, 6.07) is 10.1. The van der Waals surface area contributed by atoms with E-state index in [-0.39, 0.29) is 19.8 Å². The number of rotatable bonds is 6. The summed E-state index contributed by atoms with van der Waals surface area (Å²) < 4.78 is 28.0. The van der Waals surface area contributed by atoms with Crippen molar-refractivity contribution < 1.29 is 13.2 Å². The maximum Gasteiger partial charge on any atom is 0.333 e. The highest BCUT2D eigenvalue weighted by Crippen LogP contribution is 2.25. The number of hydrogen-bond acceptors (Lipinski definition) is 8. The zero-order chi connectivity index (χ0) is 24.5. The van der Waals surface area contributed by atoms with Crippen LogP contribution in [0.25, 0.3) is 16.7 Å². The Morgan fingerprint density at radius 1 is 1.15 bits per heavy atom. The molecule has 0 saturated heterocycles. The minimum absolute atomic E-state index is 0.0858. The average Bonchev–Trinajstić information content (AvgIpc) is 3.22. The molecule has 34 heavy (non-hydrogen) atoms. The topological polar surface area (TPSA) is 135 Å². The van der Waals surface area contributed by atoms with Crippen LogP contribution in [0.5, 0.6) is 0 Å². The number of urea groups is 1. The second-order valence-electron chi connectivity index (χ2n) is 7.09. The van der Waals surface area contributed by atoms with Gasteiger partial charge in [0, 0.05) is 12.2 Å². The Morgan fingerprint density at radius 3 is 2.56 bits per heavy atom. The van der Waals surface area contributed by atoms with E-state index in [0.717, 1.165) is 23.6 Å². The molecule has 0 saturated carbocycles. The molecule has 4 aromatic rings. The van der Waals surface area contributed by atoms with E-state index in [2.05, 4.69) is 20.6 Å². The normalized spacial score (nSPS) is 11.4. The lowest BCUT2D eigenvalue weighted by molar-refractivity contribution is 0.256. The van der Waals surface area contributed by atoms with Crippen molar-refractivity contribution in [2.24, 2.45) is 0 Å². The van der Waals surface area contributed by atoms with Crippen molar-refractivity contribution in [1.29, 1.82) is 0 Å². The quantitative estimate of drug-likeness (QED) is 0.353. The van der Waals surface area contributed by atoms with E-state index in [1.54, 1.807) is 13.0 Å². The molecule has 0 unspecified atom stereocenters. The third-order valence-electron chi connectivity index (χ3n) is 4.69. The summed E-state index contributed by atoms with van der Waals surface area (Å²) in [5.41, 5.74) is 1.39. The van der Waals surface area contributed by atoms with Crippen molar-refractivity contribution in [3.05, 3.63) is 69.2 Å². The molecule has 3 N–H and O–H groups in total. The molecule has 0 spiro atoms. The second kappa shape index (κ2) is 9.41. The van der Waals surface area contributed by atoms with Crippen LogP contribution in [0.15, 0.2) is 57.7 Å². The van der Waals surface area contributed by atoms with Gasteiger partial charge < -0.3 is 10.6 Å². The van der Waals surface area contributed by atoms with Gasteiger partial charge in [-0.3, -0.25) is 4.79 Å². The summed E-state index contributed by atoms with van der Waals surface area (Å²) in [6.07, 6.45) is 1.31. The number of sulfonamides is 1. The Labute approximate surface area is 203 Å². The fourth-order valence-electron chi connectivity index (χ4n) is 3.24. The van der Waals surface area contributed by atoms with E-state index < -0.39 is 16.1 Å². The van der Waals surface area contributed by atoms with Gasteiger partial charge in [0.1, 0.15) is 15.9 Å². The average molecular weight is 519 g/mol. The zero-order valence-corrected chi connectivity index (χ0v) is 20.4. The summed E-state index contributed by atoms with van der Waals surface area (Å²) in [5, 5.41) is 6.03. The molecule has 176 valence electrons. The van der Waals surface area contributed by atoms with Gasteiger partial charge in [0.25, 0.3) is 15.6 Å². The van der Waals surface area contributed by atoms with Crippen LogP contribution >= 0.6 is 22.9 Å². The fraction of sp³-hybridized carbons (Fsp3) is 0.143. The third-order valence-corrected chi connectivity index (χ3v) is 7.75. The number of amides is 2. The van der Waals surface area contributed by atoms with Crippen LogP contribution in [-0.4, -0.2) is 35.5 Å². The summed E-state index contributed by atoms with van der Waals surface area (Å²) in [5.74, 6) is 0.747. The lowest BCUT2D eigenvalue weighted by Gasteiger charge is -2.12. The number of carbonyl (C=O) groups excluding carboxylic acids is 1. The van der Waals surface area contributed by atoms with Gasteiger partial charge in [0.05, 0.1) is 27.1 Å². The summed E-state index contributed by atoms with van der Waals surface area (Å²) in [6.45, 7) is 4.43. The molecule has 2 amide bonds. The van der Waals surface area contributed by atoms with Gasteiger partial charge in [0.15, 0.2) is 0 Å². The van der Waals surface area contributed by atoms with Crippen molar-refractivity contribution in [2.45, 2.75) is 18.1 Å². The second-order valence-corrected chi connectivity index (χ2v) is 10.7. The first-order valence-corrected chi connectivity index (χ1v) is 12.7. The maximum atomic E-state index is 13.1. The molecule has 0 aliphatic heterocycles. The minimum atomic E-state index is -4.06. The molecule has 0 aliphatic carbocycles. The Kier molecular flexibility index (Phi) is 6.55. The maximum absolute atomic E-state index is 13.1. The lowest BCUT2D eigenvalue weighted by atomic mass is 10.2. The molecule has 10 nitrogen and oxygen atoms in total. The molecular weight excluding hydrogens is 500 g/mol. The van der Waals surface area contributed by atoms with Gasteiger partial charge in [-0.1, -0.05) is 11.6 Å². The molecule has 0 aliphatic rings. The summed E-state index contributed by atoms with van der Waals surface area (Å²) in [4.78, 5) is 34.0. The number of nitrogens with one attached hydrogen (secondary N) is 3. The van der Waals surface area contributed by atoms with Crippen molar-refractivity contribution in [3.8, 4) is 5.82 Å². The van der Waals surface area contributed by atoms with E-state index in [9.17, 15) is 18.0 Å². The van der Waals surface area contributed by atoms with Gasteiger partial charge in [-0.25, -0.2) is 32.5 Å². The summed E-state index contributed by atoms with van der Waals surface area (Å²) in [7, 11) is -4.06. The number of hydrogen-bond donors (Lipinski definition) is 3. The van der Waals surface area contributed by atoms with E-state index >= 15 is 0 Å². The molecule has 0 radical (unpaired) electrons. The number of pyridine rings is 1. The van der Waals surface area contributed by atoms with Crippen LogP contribution in [0.1, 0.15) is 12.7 Å². The van der Waals surface area contributed by atoms with Gasteiger partial charge >= 0.3 is 6.03 Å². The van der Waals surface area contributed by atoms with Gasteiger partial charge in [-0.15, -0.1) is 11.3 Å². The Hall–Kier alpha value is -3.48. The zero-order valence-electron chi connectivity index (χ0n) is 18.0. The smallest absolute Gasteiger partial charge is 0.333 e. The number of halogens is 1. The fourth-order valence-corrected chi connectivity index (χ4v) is 5.63. The largest absolute Gasteiger partial charge is 0.385 e. The van der Waals surface area contributed by atoms with Gasteiger partial charge in [-0.2, -0.15) is 0 Å². The number of aryl methyl sites for hydroxylation is 1. The Morgan fingerprint density at radius 2 is 1.91 bits per heavy atom. The third kappa shape index (κ3) is 4.88. The van der Waals surface area contributed by atoms with Crippen molar-refractivity contribution >= 4 is 61.3 Å². The molecular formula is C21H19ClN6O4S2.